The Labute approximate surface area is 110 Å². The van der Waals surface area contributed by atoms with Crippen LogP contribution < -0.4 is 5.32 Å². The molecule has 0 radical (unpaired) electrons. The van der Waals surface area contributed by atoms with Crippen LogP contribution in [0.1, 0.15) is 18.3 Å². The highest BCUT2D eigenvalue weighted by Gasteiger charge is 2.13. The summed E-state index contributed by atoms with van der Waals surface area (Å²) in [5.74, 6) is -0.0503. The molecule has 0 bridgehead atoms. The Bertz CT molecular complexity index is 563. The highest BCUT2D eigenvalue weighted by Crippen LogP contribution is 2.17. The summed E-state index contributed by atoms with van der Waals surface area (Å²) >= 11 is 0. The maximum absolute atomic E-state index is 10.7. The van der Waals surface area contributed by atoms with Crippen molar-refractivity contribution in [3.63, 3.8) is 0 Å². The number of carbonyl (C=O) groups is 1. The Morgan fingerprint density at radius 2 is 2.11 bits per heavy atom. The van der Waals surface area contributed by atoms with Crippen LogP contribution in [-0.4, -0.2) is 27.3 Å². The Kier molecular flexibility index (Phi) is 3.91. The van der Waals surface area contributed by atoms with Crippen molar-refractivity contribution >= 4 is 5.97 Å². The van der Waals surface area contributed by atoms with E-state index >= 15 is 0 Å². The monoisotopic (exact) mass is 261 g/mol. The fourth-order valence-electron chi connectivity index (χ4n) is 1.47. The Morgan fingerprint density at radius 1 is 1.42 bits per heavy atom. The molecule has 0 saturated carbocycles. The quantitative estimate of drug-likeness (QED) is 0.850. The minimum Gasteiger partial charge on any atom is -0.480 e. The van der Waals surface area contributed by atoms with Crippen LogP contribution in [0.5, 0.6) is 0 Å². The lowest BCUT2D eigenvalue weighted by molar-refractivity contribution is -0.139. The first kappa shape index (κ1) is 13.2. The zero-order valence-corrected chi connectivity index (χ0v) is 10.8. The molecular weight excluding hydrogens is 246 g/mol. The number of hydrogen-bond donors (Lipinski definition) is 2. The minimum atomic E-state index is -0.915. The zero-order chi connectivity index (χ0) is 13.8. The summed E-state index contributed by atoms with van der Waals surface area (Å²) in [6.45, 7) is 3.81. The summed E-state index contributed by atoms with van der Waals surface area (Å²) in [5, 5.41) is 15.3. The van der Waals surface area contributed by atoms with E-state index in [9.17, 15) is 4.79 Å². The van der Waals surface area contributed by atoms with Crippen molar-refractivity contribution in [2.24, 2.45) is 0 Å². The van der Waals surface area contributed by atoms with Crippen molar-refractivity contribution in [3.05, 3.63) is 35.7 Å². The van der Waals surface area contributed by atoms with Crippen LogP contribution >= 0.6 is 0 Å². The maximum Gasteiger partial charge on any atom is 0.320 e. The number of aliphatic carboxylic acids is 1. The normalized spacial score (nSPS) is 12.3. The van der Waals surface area contributed by atoms with Crippen LogP contribution in [0.3, 0.4) is 0 Å². The topological polar surface area (TPSA) is 88.2 Å². The van der Waals surface area contributed by atoms with Crippen molar-refractivity contribution in [3.8, 4) is 11.5 Å². The van der Waals surface area contributed by atoms with Crippen LogP contribution in [0.4, 0.5) is 0 Å². The summed E-state index contributed by atoms with van der Waals surface area (Å²) in [7, 11) is 0. The molecule has 0 aliphatic carbocycles. The van der Waals surface area contributed by atoms with Crippen LogP contribution in [-0.2, 0) is 11.3 Å². The molecular formula is C13H15N3O3. The maximum atomic E-state index is 10.7. The number of nitrogens with one attached hydrogen (secondary N) is 1. The molecule has 6 nitrogen and oxygen atoms in total. The molecule has 19 heavy (non-hydrogen) atoms. The van der Waals surface area contributed by atoms with Crippen LogP contribution in [0.15, 0.2) is 28.8 Å². The zero-order valence-electron chi connectivity index (χ0n) is 10.8. The molecule has 0 spiro atoms. The van der Waals surface area contributed by atoms with Gasteiger partial charge in [0.2, 0.25) is 0 Å². The fourth-order valence-corrected chi connectivity index (χ4v) is 1.47. The first-order valence-electron chi connectivity index (χ1n) is 5.92. The number of hydrogen-bond acceptors (Lipinski definition) is 5. The fraction of sp³-hybridized carbons (Fsp3) is 0.308. The van der Waals surface area contributed by atoms with Gasteiger partial charge in [0.05, 0.1) is 6.54 Å². The average molecular weight is 261 g/mol. The average Bonchev–Trinajstić information content (AvgIpc) is 2.85. The van der Waals surface area contributed by atoms with Crippen LogP contribution in [0.25, 0.3) is 11.5 Å². The highest BCUT2D eigenvalue weighted by molar-refractivity contribution is 5.72. The number of benzene rings is 1. The first-order valence-corrected chi connectivity index (χ1v) is 5.92. The lowest BCUT2D eigenvalue weighted by Gasteiger charge is -2.05. The Morgan fingerprint density at radius 3 is 2.74 bits per heavy atom. The Hall–Kier alpha value is -2.21. The molecule has 6 heteroatoms. The minimum absolute atomic E-state index is 0.253. The number of aromatic nitrogens is 2. The van der Waals surface area contributed by atoms with Gasteiger partial charge in [0.1, 0.15) is 6.04 Å². The van der Waals surface area contributed by atoms with Gasteiger partial charge in [0, 0.05) is 5.56 Å². The van der Waals surface area contributed by atoms with Gasteiger partial charge in [-0.25, -0.2) is 0 Å². The SMILES string of the molecule is Cc1ccc(-c2nc(CN[C@H](C)C(=O)O)no2)cc1. The predicted octanol–water partition coefficient (Wildman–Crippen LogP) is 1.61. The molecule has 1 aromatic carbocycles. The number of aryl methyl sites for hydroxylation is 1. The molecule has 1 atom stereocenters. The molecule has 2 aromatic rings. The van der Waals surface area contributed by atoms with Gasteiger partial charge < -0.3 is 9.63 Å². The molecule has 2 N–H and O–H groups in total. The second-order valence-corrected chi connectivity index (χ2v) is 4.32. The van der Waals surface area contributed by atoms with Gasteiger partial charge in [-0.15, -0.1) is 0 Å². The summed E-state index contributed by atoms with van der Waals surface area (Å²) in [6, 6.07) is 7.08. The van der Waals surface area contributed by atoms with E-state index < -0.39 is 12.0 Å². The van der Waals surface area contributed by atoms with E-state index in [0.29, 0.717) is 11.7 Å². The van der Waals surface area contributed by atoms with E-state index in [1.807, 2.05) is 31.2 Å². The van der Waals surface area contributed by atoms with Crippen molar-refractivity contribution in [1.82, 2.24) is 15.5 Å². The van der Waals surface area contributed by atoms with Gasteiger partial charge in [-0.3, -0.25) is 10.1 Å². The van der Waals surface area contributed by atoms with Crippen molar-refractivity contribution in [2.45, 2.75) is 26.4 Å². The molecule has 0 unspecified atom stereocenters. The second-order valence-electron chi connectivity index (χ2n) is 4.32. The number of nitrogens with zero attached hydrogens (tertiary/aromatic N) is 2. The van der Waals surface area contributed by atoms with Gasteiger partial charge >= 0.3 is 5.97 Å². The summed E-state index contributed by atoms with van der Waals surface area (Å²) < 4.78 is 5.13. The summed E-state index contributed by atoms with van der Waals surface area (Å²) in [6.07, 6.45) is 0. The second kappa shape index (κ2) is 5.62. The van der Waals surface area contributed by atoms with E-state index in [1.165, 1.54) is 0 Å². The third-order valence-electron chi connectivity index (χ3n) is 2.70. The molecule has 0 fully saturated rings. The first-order chi connectivity index (χ1) is 9.06. The predicted molar refractivity (Wildman–Crippen MR) is 68.4 cm³/mol. The molecule has 0 saturated heterocycles. The molecule has 0 aliphatic rings. The molecule has 2 rings (SSSR count). The van der Waals surface area contributed by atoms with E-state index in [2.05, 4.69) is 15.5 Å². The number of carboxylic acid groups (broad SMARTS) is 1. The largest absolute Gasteiger partial charge is 0.480 e. The molecule has 1 heterocycles. The molecule has 0 amide bonds. The van der Waals surface area contributed by atoms with E-state index in [-0.39, 0.29) is 6.54 Å². The van der Waals surface area contributed by atoms with Crippen LogP contribution in [0.2, 0.25) is 0 Å². The van der Waals surface area contributed by atoms with E-state index in [1.54, 1.807) is 6.92 Å². The van der Waals surface area contributed by atoms with Gasteiger partial charge in [-0.1, -0.05) is 22.9 Å². The smallest absolute Gasteiger partial charge is 0.320 e. The number of rotatable bonds is 5. The van der Waals surface area contributed by atoms with Crippen molar-refractivity contribution in [2.75, 3.05) is 0 Å². The molecule has 100 valence electrons. The third kappa shape index (κ3) is 3.38. The van der Waals surface area contributed by atoms with Crippen LogP contribution in [0, 0.1) is 6.92 Å². The lowest BCUT2D eigenvalue weighted by atomic mass is 10.1. The summed E-state index contributed by atoms with van der Waals surface area (Å²) in [5.41, 5.74) is 2.00. The number of carboxylic acids is 1. The van der Waals surface area contributed by atoms with E-state index in [0.717, 1.165) is 11.1 Å². The van der Waals surface area contributed by atoms with Crippen molar-refractivity contribution in [1.29, 1.82) is 0 Å². The standard InChI is InChI=1S/C13H15N3O3/c1-8-3-5-10(6-4-8)12-15-11(16-19-12)7-14-9(2)13(17)18/h3-6,9,14H,7H2,1-2H3,(H,17,18)/t9-/m1/s1. The Balaban J connectivity index is 2.03. The van der Waals surface area contributed by atoms with Gasteiger partial charge in [-0.05, 0) is 26.0 Å². The highest BCUT2D eigenvalue weighted by atomic mass is 16.5. The lowest BCUT2D eigenvalue weighted by Crippen LogP contribution is -2.33. The van der Waals surface area contributed by atoms with Gasteiger partial charge in [-0.2, -0.15) is 4.98 Å². The third-order valence-corrected chi connectivity index (χ3v) is 2.70. The molecule has 1 aromatic heterocycles. The molecule has 0 aliphatic heterocycles. The van der Waals surface area contributed by atoms with E-state index in [4.69, 9.17) is 9.63 Å². The van der Waals surface area contributed by atoms with Crippen molar-refractivity contribution < 1.29 is 14.4 Å². The van der Waals surface area contributed by atoms with Gasteiger partial charge in [0.15, 0.2) is 5.82 Å². The summed E-state index contributed by atoms with van der Waals surface area (Å²) in [4.78, 5) is 14.9. The van der Waals surface area contributed by atoms with Gasteiger partial charge in [0.25, 0.3) is 5.89 Å².